The number of aryl methyl sites for hydroxylation is 1. The Morgan fingerprint density at radius 3 is 2.62 bits per heavy atom. The van der Waals surface area contributed by atoms with Crippen LogP contribution in [0.1, 0.15) is 43.9 Å². The van der Waals surface area contributed by atoms with E-state index < -0.39 is 11.0 Å². The maximum Gasteiger partial charge on any atom is 0.170 e. The molecule has 12 heteroatoms. The zero-order valence-corrected chi connectivity index (χ0v) is 24.0. The van der Waals surface area contributed by atoms with Crippen LogP contribution in [0.3, 0.4) is 0 Å². The minimum absolute atomic E-state index is 0.0116. The first-order valence-electron chi connectivity index (χ1n) is 12.7. The molecule has 1 aliphatic carbocycles. The Labute approximate surface area is 226 Å². The molecule has 2 heterocycles. The van der Waals surface area contributed by atoms with Gasteiger partial charge in [0.2, 0.25) is 0 Å². The summed E-state index contributed by atoms with van der Waals surface area (Å²) in [5.74, 6) is 0.606. The Balaban J connectivity index is 1.48. The van der Waals surface area contributed by atoms with E-state index in [2.05, 4.69) is 40.8 Å². The Hall–Kier alpha value is -2.25. The number of furan rings is 1. The second-order valence-electron chi connectivity index (χ2n) is 9.60. The van der Waals surface area contributed by atoms with Crippen molar-refractivity contribution in [1.29, 1.82) is 0 Å². The fourth-order valence-corrected chi connectivity index (χ4v) is 6.18. The molecule has 0 saturated heterocycles. The smallest absolute Gasteiger partial charge is 0.170 e. The number of thiophene rings is 1. The predicted molar refractivity (Wildman–Crippen MR) is 152 cm³/mol. The van der Waals surface area contributed by atoms with Crippen molar-refractivity contribution in [3.05, 3.63) is 29.0 Å². The fraction of sp³-hybridized carbons (Fsp3) is 0.600. The Kier molecular flexibility index (Phi) is 11.1. The first kappa shape index (κ1) is 29.3. The molecule has 0 aliphatic heterocycles. The van der Waals surface area contributed by atoms with Crippen LogP contribution >= 0.6 is 11.3 Å². The lowest BCUT2D eigenvalue weighted by atomic mass is 10.1. The van der Waals surface area contributed by atoms with Gasteiger partial charge < -0.3 is 30.8 Å². The van der Waals surface area contributed by atoms with E-state index in [4.69, 9.17) is 15.9 Å². The predicted octanol–water partition coefficient (Wildman–Crippen LogP) is 2.92. The third-order valence-electron chi connectivity index (χ3n) is 6.31. The molecule has 206 valence electrons. The monoisotopic (exact) mass is 551 g/mol. The number of nitrogens with two attached hydrogens (primary N) is 2. The number of likely N-dealkylation sites (N-methyl/N-ethyl adjacent to an activating group) is 2. The van der Waals surface area contributed by atoms with Gasteiger partial charge in [0.25, 0.3) is 0 Å². The highest BCUT2D eigenvalue weighted by Gasteiger charge is 2.32. The van der Waals surface area contributed by atoms with Gasteiger partial charge in [-0.2, -0.15) is 0 Å². The Bertz CT molecular complexity index is 1090. The quantitative estimate of drug-likeness (QED) is 0.176. The molecule has 37 heavy (non-hydrogen) atoms. The lowest BCUT2D eigenvalue weighted by Crippen LogP contribution is -2.32. The number of amidine groups is 2. The van der Waals surface area contributed by atoms with Crippen LogP contribution in [0.2, 0.25) is 0 Å². The van der Waals surface area contributed by atoms with Gasteiger partial charge in [-0.1, -0.05) is 6.92 Å². The molecule has 0 spiro atoms. The zero-order valence-electron chi connectivity index (χ0n) is 22.4. The van der Waals surface area contributed by atoms with Gasteiger partial charge >= 0.3 is 0 Å². The maximum atomic E-state index is 12.7. The van der Waals surface area contributed by atoms with Crippen molar-refractivity contribution in [2.75, 3.05) is 47.3 Å². The minimum Gasteiger partial charge on any atom is -0.504 e. The second kappa shape index (κ2) is 14.1. The third-order valence-corrected chi connectivity index (χ3v) is 9.11. The largest absolute Gasteiger partial charge is 0.504 e. The lowest BCUT2D eigenvalue weighted by Gasteiger charge is -2.22. The molecule has 5 N–H and O–H groups in total. The molecule has 0 radical (unpaired) electrons. The van der Waals surface area contributed by atoms with E-state index in [0.717, 1.165) is 63.8 Å². The summed E-state index contributed by atoms with van der Waals surface area (Å²) in [7, 11) is 4.57. The standard InChI is InChI=1S/C25H41N7O3S2/c1-5-32(13-12-30(2)3)11-7-6-8-18-14-20(35-16-18)15-28-23(26)24(27)29-21-17-36-25(22(21)33)37(34)31(4)19-9-10-19/h14,16-17,19,33H,5-13,15H2,1-4H3,(H2,26,28)(H2,27,29). The van der Waals surface area contributed by atoms with Crippen LogP contribution in [-0.2, 0) is 24.0 Å². The summed E-state index contributed by atoms with van der Waals surface area (Å²) in [4.78, 5) is 13.2. The molecule has 1 unspecified atom stereocenters. The van der Waals surface area contributed by atoms with Crippen LogP contribution in [0, 0.1) is 0 Å². The van der Waals surface area contributed by atoms with Crippen molar-refractivity contribution in [2.24, 2.45) is 21.5 Å². The van der Waals surface area contributed by atoms with Gasteiger partial charge in [-0.3, -0.25) is 4.99 Å². The van der Waals surface area contributed by atoms with Crippen LogP contribution < -0.4 is 11.5 Å². The third kappa shape index (κ3) is 8.92. The van der Waals surface area contributed by atoms with Crippen molar-refractivity contribution in [1.82, 2.24) is 14.1 Å². The van der Waals surface area contributed by atoms with Gasteiger partial charge in [0.15, 0.2) is 21.6 Å². The van der Waals surface area contributed by atoms with Crippen molar-refractivity contribution in [3.63, 3.8) is 0 Å². The van der Waals surface area contributed by atoms with Crippen LogP contribution in [-0.4, -0.2) is 88.5 Å². The first-order chi connectivity index (χ1) is 17.7. The van der Waals surface area contributed by atoms with E-state index >= 15 is 0 Å². The number of rotatable bonds is 15. The van der Waals surface area contributed by atoms with E-state index in [-0.39, 0.29) is 29.7 Å². The summed E-state index contributed by atoms with van der Waals surface area (Å²) < 4.78 is 20.4. The number of unbranched alkanes of at least 4 members (excludes halogenated alkanes) is 1. The highest BCUT2D eigenvalue weighted by atomic mass is 32.2. The number of hydrogen-bond donors (Lipinski definition) is 3. The molecular weight excluding hydrogens is 510 g/mol. The van der Waals surface area contributed by atoms with Crippen LogP contribution in [0.15, 0.2) is 36.3 Å². The highest BCUT2D eigenvalue weighted by molar-refractivity contribution is 7.85. The molecular formula is C25H41N7O3S2. The van der Waals surface area contributed by atoms with E-state index in [1.807, 2.05) is 6.07 Å². The Morgan fingerprint density at radius 2 is 1.95 bits per heavy atom. The molecule has 1 atom stereocenters. The normalized spacial score (nSPS) is 15.9. The van der Waals surface area contributed by atoms with E-state index in [1.54, 1.807) is 23.0 Å². The molecule has 0 bridgehead atoms. The summed E-state index contributed by atoms with van der Waals surface area (Å²) in [5.41, 5.74) is 13.4. The lowest BCUT2D eigenvalue weighted by molar-refractivity contribution is 0.247. The number of aromatic hydroxyl groups is 1. The van der Waals surface area contributed by atoms with Gasteiger partial charge in [0.1, 0.15) is 22.4 Å². The summed E-state index contributed by atoms with van der Waals surface area (Å²) in [6.07, 6.45) is 6.99. The molecule has 1 aliphatic rings. The number of aliphatic imine (C=N–C) groups is 2. The minimum atomic E-state index is -1.43. The fourth-order valence-electron chi connectivity index (χ4n) is 3.74. The van der Waals surface area contributed by atoms with Crippen molar-refractivity contribution in [3.8, 4) is 5.75 Å². The van der Waals surface area contributed by atoms with Gasteiger partial charge in [-0.05, 0) is 70.9 Å². The molecule has 1 saturated carbocycles. The topological polar surface area (TPSA) is 137 Å². The molecule has 2 aromatic heterocycles. The number of hydrogen-bond acceptors (Lipinski definition) is 8. The first-order valence-corrected chi connectivity index (χ1v) is 14.7. The van der Waals surface area contributed by atoms with Crippen LogP contribution in [0.5, 0.6) is 5.75 Å². The summed E-state index contributed by atoms with van der Waals surface area (Å²) in [6, 6.07) is 2.30. The Morgan fingerprint density at radius 1 is 1.19 bits per heavy atom. The second-order valence-corrected chi connectivity index (χ2v) is 12.2. The summed E-state index contributed by atoms with van der Waals surface area (Å²) >= 11 is 1.18. The highest BCUT2D eigenvalue weighted by Crippen LogP contribution is 2.41. The van der Waals surface area contributed by atoms with E-state index in [0.29, 0.717) is 16.0 Å². The van der Waals surface area contributed by atoms with Gasteiger partial charge in [-0.15, -0.1) is 11.3 Å². The SMILES string of the molecule is CCN(CCCCc1coc(CN=C(N)C(N)=Nc2csc(S(=O)N(C)C3CC3)c2O)c1)CCN(C)C. The van der Waals surface area contributed by atoms with Crippen molar-refractivity contribution in [2.45, 2.75) is 55.8 Å². The van der Waals surface area contributed by atoms with Crippen LogP contribution in [0.4, 0.5) is 5.69 Å². The average molecular weight is 552 g/mol. The summed E-state index contributed by atoms with van der Waals surface area (Å²) in [5, 5.41) is 12.1. The summed E-state index contributed by atoms with van der Waals surface area (Å²) in [6.45, 7) is 6.79. The molecule has 3 rings (SSSR count). The average Bonchev–Trinajstić information content (AvgIpc) is 3.53. The van der Waals surface area contributed by atoms with Gasteiger partial charge in [0.05, 0.1) is 12.8 Å². The maximum absolute atomic E-state index is 12.7. The molecule has 10 nitrogen and oxygen atoms in total. The van der Waals surface area contributed by atoms with E-state index in [9.17, 15) is 9.32 Å². The van der Waals surface area contributed by atoms with E-state index in [1.165, 1.54) is 11.3 Å². The molecule has 2 aromatic rings. The molecule has 0 aromatic carbocycles. The number of nitrogens with zero attached hydrogens (tertiary/aromatic N) is 5. The van der Waals surface area contributed by atoms with Gasteiger partial charge in [-0.25, -0.2) is 13.5 Å². The zero-order chi connectivity index (χ0) is 26.9. The molecule has 0 amide bonds. The van der Waals surface area contributed by atoms with Crippen molar-refractivity contribution >= 4 is 39.7 Å². The van der Waals surface area contributed by atoms with Gasteiger partial charge in [0, 0.05) is 31.6 Å². The molecule has 1 fully saturated rings. The van der Waals surface area contributed by atoms with Crippen molar-refractivity contribution < 1.29 is 13.7 Å². The van der Waals surface area contributed by atoms with Crippen LogP contribution in [0.25, 0.3) is 0 Å².